The first-order valence-electron chi connectivity index (χ1n) is 5.83. The maximum Gasteiger partial charge on any atom is 0.255 e. The van der Waals surface area contributed by atoms with Gasteiger partial charge in [0.05, 0.1) is 17.4 Å². The summed E-state index contributed by atoms with van der Waals surface area (Å²) < 4.78 is 0. The highest BCUT2D eigenvalue weighted by Crippen LogP contribution is 2.21. The van der Waals surface area contributed by atoms with Crippen molar-refractivity contribution in [3.05, 3.63) is 54.2 Å². The fourth-order valence-corrected chi connectivity index (χ4v) is 1.95. The van der Waals surface area contributed by atoms with E-state index in [0.717, 1.165) is 10.9 Å². The molecule has 0 aliphatic heterocycles. The maximum atomic E-state index is 12.1. The average molecular weight is 252 g/mol. The third-order valence-electron chi connectivity index (χ3n) is 2.87. The topological polar surface area (TPSA) is 83.8 Å². The quantitative estimate of drug-likeness (QED) is 0.612. The van der Waals surface area contributed by atoms with Crippen LogP contribution in [0.3, 0.4) is 0 Å². The lowest BCUT2D eigenvalue weighted by Crippen LogP contribution is -2.12. The molecule has 0 saturated carbocycles. The first-order valence-corrected chi connectivity index (χ1v) is 5.83. The summed E-state index contributed by atoms with van der Waals surface area (Å²) in [5.74, 6) is -0.200. The van der Waals surface area contributed by atoms with Gasteiger partial charge in [-0.15, -0.1) is 0 Å². The molecule has 0 radical (unpaired) electrons. The summed E-state index contributed by atoms with van der Waals surface area (Å²) in [6, 6.07) is 12.5. The summed E-state index contributed by atoms with van der Waals surface area (Å²) in [5.41, 5.74) is 8.26. The molecule has 0 unspecified atom stereocenters. The smallest absolute Gasteiger partial charge is 0.255 e. The van der Waals surface area contributed by atoms with E-state index in [1.54, 1.807) is 30.5 Å². The molecule has 2 aromatic carbocycles. The molecule has 0 aliphatic rings. The zero-order chi connectivity index (χ0) is 13.2. The van der Waals surface area contributed by atoms with Gasteiger partial charge in [0.1, 0.15) is 0 Å². The zero-order valence-electron chi connectivity index (χ0n) is 10.1. The lowest BCUT2D eigenvalue weighted by Gasteiger charge is -2.06. The van der Waals surface area contributed by atoms with Crippen LogP contribution in [0.25, 0.3) is 10.9 Å². The van der Waals surface area contributed by atoms with Crippen molar-refractivity contribution >= 4 is 28.2 Å². The Bertz CT molecular complexity index is 748. The molecule has 1 aromatic heterocycles. The third-order valence-corrected chi connectivity index (χ3v) is 2.87. The molecule has 1 amide bonds. The van der Waals surface area contributed by atoms with Gasteiger partial charge in [-0.25, -0.2) is 0 Å². The Balaban J connectivity index is 1.93. The Kier molecular flexibility index (Phi) is 2.64. The predicted octanol–water partition coefficient (Wildman–Crippen LogP) is 2.40. The summed E-state index contributed by atoms with van der Waals surface area (Å²) in [5, 5.41) is 10.6. The monoisotopic (exact) mass is 252 g/mol. The number of amides is 1. The van der Waals surface area contributed by atoms with Crippen LogP contribution in [0.4, 0.5) is 11.4 Å². The van der Waals surface area contributed by atoms with Crippen molar-refractivity contribution in [1.29, 1.82) is 0 Å². The van der Waals surface area contributed by atoms with Crippen LogP contribution < -0.4 is 11.1 Å². The fourth-order valence-electron chi connectivity index (χ4n) is 1.95. The largest absolute Gasteiger partial charge is 0.399 e. The van der Waals surface area contributed by atoms with Crippen molar-refractivity contribution in [3.63, 3.8) is 0 Å². The number of H-pyrrole nitrogens is 1. The number of fused-ring (bicyclic) bond motifs is 1. The second kappa shape index (κ2) is 4.45. The first kappa shape index (κ1) is 11.3. The van der Waals surface area contributed by atoms with E-state index in [1.807, 2.05) is 18.2 Å². The molecule has 3 rings (SSSR count). The summed E-state index contributed by atoms with van der Waals surface area (Å²) in [6.07, 6.45) is 1.71. The molecular formula is C14H12N4O. The van der Waals surface area contributed by atoms with Gasteiger partial charge in [0.15, 0.2) is 0 Å². The highest BCUT2D eigenvalue weighted by atomic mass is 16.1. The fraction of sp³-hybridized carbons (Fsp3) is 0. The number of nitrogens with two attached hydrogens (primary N) is 1. The van der Waals surface area contributed by atoms with E-state index >= 15 is 0 Å². The second-order valence-corrected chi connectivity index (χ2v) is 4.22. The molecule has 0 saturated heterocycles. The number of hydrogen-bond acceptors (Lipinski definition) is 3. The number of nitrogens with one attached hydrogen (secondary N) is 2. The Morgan fingerprint density at radius 2 is 2.05 bits per heavy atom. The second-order valence-electron chi connectivity index (χ2n) is 4.22. The summed E-state index contributed by atoms with van der Waals surface area (Å²) in [7, 11) is 0. The number of anilines is 2. The Hall–Kier alpha value is -2.82. The van der Waals surface area contributed by atoms with E-state index in [4.69, 9.17) is 5.73 Å². The summed E-state index contributed by atoms with van der Waals surface area (Å²) in [4.78, 5) is 12.1. The highest BCUT2D eigenvalue weighted by molar-refractivity contribution is 6.08. The number of carbonyl (C=O) groups is 1. The Morgan fingerprint density at radius 1 is 1.21 bits per heavy atom. The molecule has 5 nitrogen and oxygen atoms in total. The summed E-state index contributed by atoms with van der Waals surface area (Å²) in [6.45, 7) is 0. The highest BCUT2D eigenvalue weighted by Gasteiger charge is 2.09. The summed E-state index contributed by atoms with van der Waals surface area (Å²) >= 11 is 0. The number of nitrogens with zero attached hydrogens (tertiary/aromatic N) is 1. The number of para-hydroxylation sites is 1. The SMILES string of the molecule is Nc1cccc(C(=O)Nc2cccc3cn[nH]c23)c1. The van der Waals surface area contributed by atoms with Gasteiger partial charge >= 0.3 is 0 Å². The zero-order valence-corrected chi connectivity index (χ0v) is 10.1. The van der Waals surface area contributed by atoms with Gasteiger partial charge < -0.3 is 11.1 Å². The van der Waals surface area contributed by atoms with Gasteiger partial charge in [-0.1, -0.05) is 18.2 Å². The van der Waals surface area contributed by atoms with Crippen LogP contribution in [0.5, 0.6) is 0 Å². The minimum Gasteiger partial charge on any atom is -0.399 e. The standard InChI is InChI=1S/C14H12N4O/c15-11-5-1-3-9(7-11)14(19)17-12-6-2-4-10-8-16-18-13(10)12/h1-8H,15H2,(H,16,18)(H,17,19). The number of hydrogen-bond donors (Lipinski definition) is 3. The maximum absolute atomic E-state index is 12.1. The Labute approximate surface area is 109 Å². The molecule has 19 heavy (non-hydrogen) atoms. The molecule has 0 atom stereocenters. The molecule has 0 bridgehead atoms. The first-order chi connectivity index (χ1) is 9.24. The third kappa shape index (κ3) is 2.13. The van der Waals surface area contributed by atoms with E-state index < -0.39 is 0 Å². The van der Waals surface area contributed by atoms with Gasteiger partial charge in [-0.2, -0.15) is 5.10 Å². The predicted molar refractivity (Wildman–Crippen MR) is 74.9 cm³/mol. The van der Waals surface area contributed by atoms with Crippen molar-refractivity contribution in [2.45, 2.75) is 0 Å². The van der Waals surface area contributed by atoms with Gasteiger partial charge in [-0.05, 0) is 24.3 Å². The van der Waals surface area contributed by atoms with Crippen molar-refractivity contribution < 1.29 is 4.79 Å². The number of aromatic nitrogens is 2. The molecule has 94 valence electrons. The van der Waals surface area contributed by atoms with Crippen LogP contribution in [0.2, 0.25) is 0 Å². The molecule has 3 aromatic rings. The van der Waals surface area contributed by atoms with Gasteiger partial charge in [0.2, 0.25) is 0 Å². The molecular weight excluding hydrogens is 240 g/mol. The van der Waals surface area contributed by atoms with E-state index in [2.05, 4.69) is 15.5 Å². The van der Waals surface area contributed by atoms with Crippen LogP contribution in [-0.2, 0) is 0 Å². The number of carbonyl (C=O) groups excluding carboxylic acids is 1. The molecule has 5 heteroatoms. The Morgan fingerprint density at radius 3 is 2.89 bits per heavy atom. The average Bonchev–Trinajstić information content (AvgIpc) is 2.88. The van der Waals surface area contributed by atoms with Crippen LogP contribution in [-0.4, -0.2) is 16.1 Å². The van der Waals surface area contributed by atoms with Crippen LogP contribution in [0.15, 0.2) is 48.7 Å². The lowest BCUT2D eigenvalue weighted by atomic mass is 10.1. The molecule has 1 heterocycles. The van der Waals surface area contributed by atoms with E-state index in [1.165, 1.54) is 0 Å². The van der Waals surface area contributed by atoms with Crippen molar-refractivity contribution in [3.8, 4) is 0 Å². The van der Waals surface area contributed by atoms with Gasteiger partial charge in [0.25, 0.3) is 5.91 Å². The van der Waals surface area contributed by atoms with Crippen LogP contribution in [0, 0.1) is 0 Å². The minimum atomic E-state index is -0.200. The minimum absolute atomic E-state index is 0.200. The molecule has 0 spiro atoms. The lowest BCUT2D eigenvalue weighted by molar-refractivity contribution is 0.102. The van der Waals surface area contributed by atoms with Crippen molar-refractivity contribution in [2.24, 2.45) is 0 Å². The molecule has 0 aliphatic carbocycles. The van der Waals surface area contributed by atoms with E-state index in [-0.39, 0.29) is 5.91 Å². The number of aromatic amines is 1. The van der Waals surface area contributed by atoms with Crippen molar-refractivity contribution in [2.75, 3.05) is 11.1 Å². The van der Waals surface area contributed by atoms with Crippen LogP contribution >= 0.6 is 0 Å². The van der Waals surface area contributed by atoms with E-state index in [9.17, 15) is 4.79 Å². The molecule has 0 fully saturated rings. The van der Waals surface area contributed by atoms with Gasteiger partial charge in [-0.3, -0.25) is 9.89 Å². The number of benzene rings is 2. The van der Waals surface area contributed by atoms with Crippen molar-refractivity contribution in [1.82, 2.24) is 10.2 Å². The van der Waals surface area contributed by atoms with Crippen LogP contribution in [0.1, 0.15) is 10.4 Å². The van der Waals surface area contributed by atoms with E-state index in [0.29, 0.717) is 16.9 Å². The van der Waals surface area contributed by atoms with Gasteiger partial charge in [0, 0.05) is 16.6 Å². The molecule has 4 N–H and O–H groups in total. The number of rotatable bonds is 2. The normalized spacial score (nSPS) is 10.5. The number of nitrogen functional groups attached to an aromatic ring is 1.